The molecule has 1 aromatic rings. The highest BCUT2D eigenvalue weighted by Gasteiger charge is 2.22. The van der Waals surface area contributed by atoms with Crippen LogP contribution in [-0.2, 0) is 0 Å². The van der Waals surface area contributed by atoms with Crippen molar-refractivity contribution in [1.29, 1.82) is 0 Å². The van der Waals surface area contributed by atoms with Crippen LogP contribution in [0.3, 0.4) is 0 Å². The third-order valence-electron chi connectivity index (χ3n) is 3.06. The number of nitrogens with one attached hydrogen (secondary N) is 2. The molecule has 1 aliphatic carbocycles. The quantitative estimate of drug-likeness (QED) is 0.787. The number of amides is 2. The average Bonchev–Trinajstić information content (AvgIpc) is 2.65. The maximum atomic E-state index is 11.7. The molecule has 86 valence electrons. The molecule has 0 unspecified atom stereocenters. The Kier molecular flexibility index (Phi) is 3.44. The van der Waals surface area contributed by atoms with Gasteiger partial charge in [-0.15, -0.1) is 0 Å². The Morgan fingerprint density at radius 2 is 2.00 bits per heavy atom. The summed E-state index contributed by atoms with van der Waals surface area (Å²) in [5.41, 5.74) is 0.839. The van der Waals surface area contributed by atoms with E-state index in [0.29, 0.717) is 6.04 Å². The minimum atomic E-state index is -0.0923. The first kappa shape index (κ1) is 11.0. The number of hydrogen-bond acceptors (Lipinski definition) is 1. The first-order chi connectivity index (χ1) is 7.74. The van der Waals surface area contributed by atoms with Gasteiger partial charge in [0.2, 0.25) is 0 Å². The van der Waals surface area contributed by atoms with E-state index < -0.39 is 0 Å². The summed E-state index contributed by atoms with van der Waals surface area (Å²) in [5, 5.41) is 5.84. The fourth-order valence-corrected chi connectivity index (χ4v) is 2.21. The van der Waals surface area contributed by atoms with Crippen molar-refractivity contribution in [3.05, 3.63) is 30.3 Å². The Morgan fingerprint density at radius 3 is 2.62 bits per heavy atom. The Hall–Kier alpha value is -1.51. The van der Waals surface area contributed by atoms with E-state index in [9.17, 15) is 4.79 Å². The summed E-state index contributed by atoms with van der Waals surface area (Å²) in [7, 11) is 0. The molecular weight excluding hydrogens is 200 g/mol. The van der Waals surface area contributed by atoms with E-state index in [4.69, 9.17) is 0 Å². The van der Waals surface area contributed by atoms with Crippen LogP contribution in [0.1, 0.15) is 26.2 Å². The van der Waals surface area contributed by atoms with Crippen molar-refractivity contribution in [2.75, 3.05) is 5.32 Å². The predicted molar refractivity (Wildman–Crippen MR) is 65.4 cm³/mol. The monoisotopic (exact) mass is 218 g/mol. The zero-order valence-electron chi connectivity index (χ0n) is 9.57. The second kappa shape index (κ2) is 5.01. The molecule has 1 saturated carbocycles. The van der Waals surface area contributed by atoms with Gasteiger partial charge < -0.3 is 10.6 Å². The summed E-state index contributed by atoms with van der Waals surface area (Å²) in [5.74, 6) is 0.738. The number of urea groups is 1. The summed E-state index contributed by atoms with van der Waals surface area (Å²) < 4.78 is 0. The van der Waals surface area contributed by atoms with Crippen LogP contribution in [0.4, 0.5) is 10.5 Å². The number of anilines is 1. The van der Waals surface area contributed by atoms with E-state index in [-0.39, 0.29) is 6.03 Å². The molecule has 2 atom stereocenters. The molecule has 16 heavy (non-hydrogen) atoms. The van der Waals surface area contributed by atoms with Gasteiger partial charge in [-0.25, -0.2) is 4.79 Å². The van der Waals surface area contributed by atoms with E-state index in [1.807, 2.05) is 30.3 Å². The van der Waals surface area contributed by atoms with E-state index >= 15 is 0 Å². The Bertz CT molecular complexity index is 350. The van der Waals surface area contributed by atoms with Gasteiger partial charge in [0.25, 0.3) is 0 Å². The van der Waals surface area contributed by atoms with Crippen LogP contribution in [0, 0.1) is 5.92 Å². The molecule has 2 amide bonds. The molecular formula is C13H18N2O. The van der Waals surface area contributed by atoms with Gasteiger partial charge >= 0.3 is 6.03 Å². The van der Waals surface area contributed by atoms with Gasteiger partial charge in [-0.1, -0.05) is 25.1 Å². The minimum absolute atomic E-state index is 0.0923. The van der Waals surface area contributed by atoms with Gasteiger partial charge in [0.05, 0.1) is 0 Å². The van der Waals surface area contributed by atoms with Crippen molar-refractivity contribution in [3.8, 4) is 0 Å². The van der Waals surface area contributed by atoms with Crippen molar-refractivity contribution in [1.82, 2.24) is 5.32 Å². The molecule has 0 heterocycles. The standard InChI is InChI=1S/C13H18N2O/c1-10-7-8-12(9-10)15-13(16)14-11-5-3-2-4-6-11/h2-6,10,12H,7-9H2,1H3,(H2,14,15,16)/t10-,12+/m0/s1. The second-order valence-electron chi connectivity index (χ2n) is 4.58. The summed E-state index contributed by atoms with van der Waals surface area (Å²) in [6.07, 6.45) is 3.42. The fourth-order valence-electron chi connectivity index (χ4n) is 2.21. The van der Waals surface area contributed by atoms with E-state index in [1.165, 1.54) is 6.42 Å². The van der Waals surface area contributed by atoms with Gasteiger partial charge in [0.1, 0.15) is 0 Å². The molecule has 2 N–H and O–H groups in total. The van der Waals surface area contributed by atoms with E-state index in [2.05, 4.69) is 17.6 Å². The van der Waals surface area contributed by atoms with Gasteiger partial charge in [-0.05, 0) is 37.3 Å². The van der Waals surface area contributed by atoms with Crippen LogP contribution in [-0.4, -0.2) is 12.1 Å². The highest BCUT2D eigenvalue weighted by molar-refractivity contribution is 5.89. The molecule has 0 aliphatic heterocycles. The van der Waals surface area contributed by atoms with Gasteiger partial charge in [0, 0.05) is 11.7 Å². The number of rotatable bonds is 2. The lowest BCUT2D eigenvalue weighted by Gasteiger charge is -2.13. The highest BCUT2D eigenvalue weighted by atomic mass is 16.2. The lowest BCUT2D eigenvalue weighted by molar-refractivity contribution is 0.248. The third kappa shape index (κ3) is 2.99. The lowest BCUT2D eigenvalue weighted by Crippen LogP contribution is -2.36. The van der Waals surface area contributed by atoms with Gasteiger partial charge in [0.15, 0.2) is 0 Å². The van der Waals surface area contributed by atoms with E-state index in [0.717, 1.165) is 24.4 Å². The molecule has 0 radical (unpaired) electrons. The molecule has 0 bridgehead atoms. The first-order valence-electron chi connectivity index (χ1n) is 5.86. The summed E-state index contributed by atoms with van der Waals surface area (Å²) >= 11 is 0. The van der Waals surface area contributed by atoms with Crippen molar-refractivity contribution < 1.29 is 4.79 Å². The summed E-state index contributed by atoms with van der Waals surface area (Å²) in [6, 6.07) is 9.78. The molecule has 3 heteroatoms. The lowest BCUT2D eigenvalue weighted by atomic mass is 10.1. The van der Waals surface area contributed by atoms with Crippen LogP contribution in [0.15, 0.2) is 30.3 Å². The van der Waals surface area contributed by atoms with Gasteiger partial charge in [-0.2, -0.15) is 0 Å². The van der Waals surface area contributed by atoms with Crippen LogP contribution in [0.25, 0.3) is 0 Å². The number of para-hydroxylation sites is 1. The number of carbonyl (C=O) groups excluding carboxylic acids is 1. The van der Waals surface area contributed by atoms with Crippen molar-refractivity contribution >= 4 is 11.7 Å². The Balaban J connectivity index is 1.81. The first-order valence-corrected chi connectivity index (χ1v) is 5.86. The molecule has 2 rings (SSSR count). The average molecular weight is 218 g/mol. The van der Waals surface area contributed by atoms with Crippen molar-refractivity contribution in [3.63, 3.8) is 0 Å². The zero-order valence-corrected chi connectivity index (χ0v) is 9.57. The topological polar surface area (TPSA) is 41.1 Å². The third-order valence-corrected chi connectivity index (χ3v) is 3.06. The number of carbonyl (C=O) groups is 1. The van der Waals surface area contributed by atoms with Crippen LogP contribution in [0.2, 0.25) is 0 Å². The van der Waals surface area contributed by atoms with E-state index in [1.54, 1.807) is 0 Å². The Morgan fingerprint density at radius 1 is 1.25 bits per heavy atom. The maximum Gasteiger partial charge on any atom is 0.319 e. The predicted octanol–water partition coefficient (Wildman–Crippen LogP) is 3.00. The molecule has 1 aliphatic rings. The Labute approximate surface area is 96.2 Å². The van der Waals surface area contributed by atoms with Crippen LogP contribution in [0.5, 0.6) is 0 Å². The zero-order chi connectivity index (χ0) is 11.4. The summed E-state index contributed by atoms with van der Waals surface area (Å²) in [6.45, 7) is 2.23. The van der Waals surface area contributed by atoms with Crippen LogP contribution < -0.4 is 10.6 Å². The SMILES string of the molecule is C[C@H]1CC[C@@H](NC(=O)Nc2ccccc2)C1. The fraction of sp³-hybridized carbons (Fsp3) is 0.462. The molecule has 0 aromatic heterocycles. The van der Waals surface area contributed by atoms with Crippen LogP contribution >= 0.6 is 0 Å². The number of hydrogen-bond donors (Lipinski definition) is 2. The smallest absolute Gasteiger partial charge is 0.319 e. The molecule has 3 nitrogen and oxygen atoms in total. The maximum absolute atomic E-state index is 11.7. The van der Waals surface area contributed by atoms with Crippen molar-refractivity contribution in [2.45, 2.75) is 32.2 Å². The molecule has 0 saturated heterocycles. The largest absolute Gasteiger partial charge is 0.335 e. The minimum Gasteiger partial charge on any atom is -0.335 e. The summed E-state index contributed by atoms with van der Waals surface area (Å²) in [4.78, 5) is 11.7. The highest BCUT2D eigenvalue weighted by Crippen LogP contribution is 2.24. The molecule has 1 aromatic carbocycles. The second-order valence-corrected chi connectivity index (χ2v) is 4.58. The number of benzene rings is 1. The van der Waals surface area contributed by atoms with Crippen molar-refractivity contribution in [2.24, 2.45) is 5.92 Å². The molecule has 1 fully saturated rings. The van der Waals surface area contributed by atoms with Gasteiger partial charge in [-0.3, -0.25) is 0 Å². The molecule has 0 spiro atoms. The normalized spacial score (nSPS) is 24.1.